The van der Waals surface area contributed by atoms with Crippen LogP contribution in [0.3, 0.4) is 0 Å². The molecule has 0 spiro atoms. The Hall–Kier alpha value is -1.37. The van der Waals surface area contributed by atoms with Crippen LogP contribution in [0.15, 0.2) is 12.4 Å². The number of sulfonamides is 1. The van der Waals surface area contributed by atoms with E-state index in [2.05, 4.69) is 9.82 Å². The predicted octanol–water partition coefficient (Wildman–Crippen LogP) is 0.378. The van der Waals surface area contributed by atoms with E-state index in [0.717, 1.165) is 5.56 Å². The highest BCUT2D eigenvalue weighted by atomic mass is 32.2. The average Bonchev–Trinajstić information content (AvgIpc) is 2.94. The molecule has 6 nitrogen and oxygen atoms in total. The Kier molecular flexibility index (Phi) is 3.18. The molecule has 7 heteroatoms. The van der Waals surface area contributed by atoms with Crippen molar-refractivity contribution in [3.8, 4) is 0 Å². The second kappa shape index (κ2) is 4.38. The predicted molar refractivity (Wildman–Crippen MR) is 66.3 cm³/mol. The summed E-state index contributed by atoms with van der Waals surface area (Å²) in [4.78, 5) is 11.8. The molecule has 0 bridgehead atoms. The lowest BCUT2D eigenvalue weighted by atomic mass is 10.2. The van der Waals surface area contributed by atoms with E-state index in [1.807, 2.05) is 13.2 Å². The first-order valence-corrected chi connectivity index (χ1v) is 7.40. The SMILES string of the molecule is CC(C)S(=O)(=O)NC(=O)[C@H]1C[C@H]1c1cnn(C)c1. The van der Waals surface area contributed by atoms with Crippen LogP contribution in [-0.2, 0) is 21.9 Å². The number of carbonyl (C=O) groups is 1. The maximum absolute atomic E-state index is 11.8. The lowest BCUT2D eigenvalue weighted by Crippen LogP contribution is -2.36. The number of rotatable bonds is 4. The third-order valence-electron chi connectivity index (χ3n) is 3.14. The first-order chi connectivity index (χ1) is 8.31. The molecule has 18 heavy (non-hydrogen) atoms. The van der Waals surface area contributed by atoms with E-state index in [-0.39, 0.29) is 11.8 Å². The quantitative estimate of drug-likeness (QED) is 0.858. The topological polar surface area (TPSA) is 81.1 Å². The van der Waals surface area contributed by atoms with E-state index >= 15 is 0 Å². The Bertz CT molecular complexity index is 562. The smallest absolute Gasteiger partial charge is 0.237 e. The van der Waals surface area contributed by atoms with Crippen LogP contribution in [0.25, 0.3) is 0 Å². The number of amides is 1. The van der Waals surface area contributed by atoms with Crippen LogP contribution >= 0.6 is 0 Å². The summed E-state index contributed by atoms with van der Waals surface area (Å²) in [7, 11) is -1.71. The van der Waals surface area contributed by atoms with Crippen molar-refractivity contribution >= 4 is 15.9 Å². The minimum absolute atomic E-state index is 0.0982. The first kappa shape index (κ1) is 13.1. The van der Waals surface area contributed by atoms with Gasteiger partial charge in [0.2, 0.25) is 15.9 Å². The van der Waals surface area contributed by atoms with Gasteiger partial charge < -0.3 is 0 Å². The van der Waals surface area contributed by atoms with E-state index in [0.29, 0.717) is 6.42 Å². The van der Waals surface area contributed by atoms with Crippen molar-refractivity contribution < 1.29 is 13.2 Å². The summed E-state index contributed by atoms with van der Waals surface area (Å²) in [5.41, 5.74) is 0.986. The highest BCUT2D eigenvalue weighted by Gasteiger charge is 2.45. The average molecular weight is 271 g/mol. The van der Waals surface area contributed by atoms with Crippen molar-refractivity contribution in [2.75, 3.05) is 0 Å². The number of aryl methyl sites for hydroxylation is 1. The van der Waals surface area contributed by atoms with E-state index in [4.69, 9.17) is 0 Å². The molecule has 0 aliphatic heterocycles. The van der Waals surface area contributed by atoms with Gasteiger partial charge in [0.05, 0.1) is 11.4 Å². The Morgan fingerprint density at radius 2 is 2.22 bits per heavy atom. The second-order valence-electron chi connectivity index (χ2n) is 4.96. The van der Waals surface area contributed by atoms with Crippen molar-refractivity contribution in [2.45, 2.75) is 31.4 Å². The van der Waals surface area contributed by atoms with Crippen LogP contribution in [0.2, 0.25) is 0 Å². The van der Waals surface area contributed by atoms with Gasteiger partial charge in [-0.05, 0) is 31.7 Å². The molecule has 0 radical (unpaired) electrons. The molecule has 1 aromatic rings. The van der Waals surface area contributed by atoms with Gasteiger partial charge in [-0.1, -0.05) is 0 Å². The van der Waals surface area contributed by atoms with E-state index in [1.165, 1.54) is 0 Å². The van der Waals surface area contributed by atoms with E-state index in [1.54, 1.807) is 24.7 Å². The van der Waals surface area contributed by atoms with Crippen LogP contribution in [0, 0.1) is 5.92 Å². The number of hydrogen-bond donors (Lipinski definition) is 1. The zero-order valence-corrected chi connectivity index (χ0v) is 11.4. The Morgan fingerprint density at radius 3 is 2.72 bits per heavy atom. The van der Waals surface area contributed by atoms with Crippen LogP contribution in [0.5, 0.6) is 0 Å². The first-order valence-electron chi connectivity index (χ1n) is 5.85. The largest absolute Gasteiger partial charge is 0.276 e. The molecule has 0 aromatic carbocycles. The highest BCUT2D eigenvalue weighted by Crippen LogP contribution is 2.47. The number of nitrogens with one attached hydrogen (secondary N) is 1. The summed E-state index contributed by atoms with van der Waals surface area (Å²) >= 11 is 0. The van der Waals surface area contributed by atoms with Gasteiger partial charge in [0, 0.05) is 19.2 Å². The summed E-state index contributed by atoms with van der Waals surface area (Å²) in [5.74, 6) is -0.554. The molecule has 2 atom stereocenters. The fraction of sp³-hybridized carbons (Fsp3) is 0.636. The molecule has 100 valence electrons. The molecular formula is C11H17N3O3S. The van der Waals surface area contributed by atoms with Crippen LogP contribution < -0.4 is 4.72 Å². The van der Waals surface area contributed by atoms with Crippen molar-refractivity contribution in [1.82, 2.24) is 14.5 Å². The maximum atomic E-state index is 11.8. The maximum Gasteiger partial charge on any atom is 0.237 e. The number of nitrogens with zero attached hydrogens (tertiary/aromatic N) is 2. The van der Waals surface area contributed by atoms with Crippen molar-refractivity contribution in [1.29, 1.82) is 0 Å². The molecule has 2 rings (SSSR count). The Balaban J connectivity index is 1.98. The van der Waals surface area contributed by atoms with Crippen LogP contribution in [-0.4, -0.2) is 29.4 Å². The van der Waals surface area contributed by atoms with Crippen LogP contribution in [0.4, 0.5) is 0 Å². The van der Waals surface area contributed by atoms with E-state index < -0.39 is 21.2 Å². The summed E-state index contributed by atoms with van der Waals surface area (Å²) < 4.78 is 26.9. The summed E-state index contributed by atoms with van der Waals surface area (Å²) in [5, 5.41) is 3.44. The molecule has 1 saturated carbocycles. The lowest BCUT2D eigenvalue weighted by molar-refractivity contribution is -0.120. The van der Waals surface area contributed by atoms with Gasteiger partial charge in [-0.3, -0.25) is 14.2 Å². The second-order valence-corrected chi connectivity index (χ2v) is 7.19. The van der Waals surface area contributed by atoms with Gasteiger partial charge in [-0.25, -0.2) is 8.42 Å². The normalized spacial score (nSPS) is 23.1. The number of hydrogen-bond acceptors (Lipinski definition) is 4. The summed E-state index contributed by atoms with van der Waals surface area (Å²) in [6.07, 6.45) is 4.26. The van der Waals surface area contributed by atoms with Crippen LogP contribution in [0.1, 0.15) is 31.7 Å². The van der Waals surface area contributed by atoms with Gasteiger partial charge in [0.15, 0.2) is 0 Å². The molecule has 0 saturated heterocycles. The molecule has 1 heterocycles. The van der Waals surface area contributed by atoms with Gasteiger partial charge in [-0.15, -0.1) is 0 Å². The number of aromatic nitrogens is 2. The van der Waals surface area contributed by atoms with Crippen molar-refractivity contribution in [3.63, 3.8) is 0 Å². The minimum Gasteiger partial charge on any atom is -0.276 e. The van der Waals surface area contributed by atoms with Crippen molar-refractivity contribution in [2.24, 2.45) is 13.0 Å². The number of carbonyl (C=O) groups excluding carboxylic acids is 1. The molecule has 1 fully saturated rings. The molecule has 1 aliphatic rings. The summed E-state index contributed by atoms with van der Waals surface area (Å²) in [6, 6.07) is 0. The fourth-order valence-corrected chi connectivity index (χ4v) is 2.49. The molecular weight excluding hydrogens is 254 g/mol. The van der Waals surface area contributed by atoms with Gasteiger partial charge in [-0.2, -0.15) is 5.10 Å². The van der Waals surface area contributed by atoms with Gasteiger partial charge in [0.1, 0.15) is 0 Å². The zero-order chi connectivity index (χ0) is 13.5. The third-order valence-corrected chi connectivity index (χ3v) is 4.87. The molecule has 1 N–H and O–H groups in total. The van der Waals surface area contributed by atoms with Gasteiger partial charge in [0.25, 0.3) is 0 Å². The monoisotopic (exact) mass is 271 g/mol. The zero-order valence-electron chi connectivity index (χ0n) is 10.6. The summed E-state index contributed by atoms with van der Waals surface area (Å²) in [6.45, 7) is 3.09. The molecule has 1 aromatic heterocycles. The van der Waals surface area contributed by atoms with E-state index in [9.17, 15) is 13.2 Å². The fourth-order valence-electron chi connectivity index (χ4n) is 1.82. The third kappa shape index (κ3) is 2.55. The van der Waals surface area contributed by atoms with Crippen molar-refractivity contribution in [3.05, 3.63) is 18.0 Å². The standard InChI is InChI=1S/C11H17N3O3S/c1-7(2)18(16,17)13-11(15)10-4-9(10)8-5-12-14(3)6-8/h5-7,9-10H,4H2,1-3H3,(H,13,15)/t9-,10-/m0/s1. The molecule has 1 amide bonds. The Labute approximate surface area is 106 Å². The molecule has 0 unspecified atom stereocenters. The lowest BCUT2D eigenvalue weighted by Gasteiger charge is -2.08. The minimum atomic E-state index is -3.52. The Morgan fingerprint density at radius 1 is 1.56 bits per heavy atom. The molecule has 1 aliphatic carbocycles. The highest BCUT2D eigenvalue weighted by molar-refractivity contribution is 7.90. The van der Waals surface area contributed by atoms with Gasteiger partial charge >= 0.3 is 0 Å².